The van der Waals surface area contributed by atoms with E-state index in [1.165, 1.54) is 0 Å². The summed E-state index contributed by atoms with van der Waals surface area (Å²) in [6.45, 7) is 0. The minimum Gasteiger partial charge on any atom is -0.239 e. The predicted octanol–water partition coefficient (Wildman–Crippen LogP) is 2.98. The molecule has 0 aliphatic heterocycles. The average Bonchev–Trinajstić information content (AvgIpc) is 2.61. The molecule has 0 bridgehead atoms. The van der Waals surface area contributed by atoms with E-state index in [4.69, 9.17) is 23.2 Å². The fourth-order valence-electron chi connectivity index (χ4n) is 1.03. The van der Waals surface area contributed by atoms with E-state index < -0.39 is 0 Å². The molecular weight excluding hydrogens is 207 g/mol. The fourth-order valence-corrected chi connectivity index (χ4v) is 1.40. The van der Waals surface area contributed by atoms with E-state index in [1.54, 1.807) is 35.3 Å². The van der Waals surface area contributed by atoms with Crippen LogP contribution in [0.5, 0.6) is 0 Å². The number of benzene rings is 1. The lowest BCUT2D eigenvalue weighted by atomic mass is 10.3. The van der Waals surface area contributed by atoms with Crippen LogP contribution >= 0.6 is 23.2 Å². The number of nitrogens with zero attached hydrogens (tertiary/aromatic N) is 2. The van der Waals surface area contributed by atoms with Crippen LogP contribution < -0.4 is 0 Å². The third kappa shape index (κ3) is 1.69. The van der Waals surface area contributed by atoms with Crippen molar-refractivity contribution in [1.29, 1.82) is 0 Å². The standard InChI is InChI=1S/C9H5Cl2N2/c10-7-2-3-8(11)9(6-7)13-5-1-4-12-13/h2-6H. The number of hydrogen-bond donors (Lipinski definition) is 0. The van der Waals surface area contributed by atoms with Gasteiger partial charge in [-0.1, -0.05) is 23.2 Å². The smallest absolute Gasteiger partial charge is 0.0846 e. The molecule has 0 spiro atoms. The number of aromatic nitrogens is 2. The number of halogens is 2. The van der Waals surface area contributed by atoms with Gasteiger partial charge in [0.05, 0.1) is 16.9 Å². The van der Waals surface area contributed by atoms with Crippen LogP contribution in [0.25, 0.3) is 5.69 Å². The van der Waals surface area contributed by atoms with Crippen molar-refractivity contribution in [3.05, 3.63) is 46.7 Å². The van der Waals surface area contributed by atoms with Gasteiger partial charge in [0.1, 0.15) is 0 Å². The van der Waals surface area contributed by atoms with Crippen molar-refractivity contribution < 1.29 is 0 Å². The van der Waals surface area contributed by atoms with Gasteiger partial charge >= 0.3 is 0 Å². The van der Waals surface area contributed by atoms with Crippen LogP contribution in [-0.4, -0.2) is 9.78 Å². The molecule has 13 heavy (non-hydrogen) atoms. The van der Waals surface area contributed by atoms with Gasteiger partial charge in [0.2, 0.25) is 0 Å². The highest BCUT2D eigenvalue weighted by Crippen LogP contribution is 2.23. The Bertz CT molecular complexity index is 410. The molecule has 0 saturated heterocycles. The Morgan fingerprint density at radius 2 is 2.15 bits per heavy atom. The molecule has 0 atom stereocenters. The van der Waals surface area contributed by atoms with Crippen molar-refractivity contribution in [2.24, 2.45) is 0 Å². The zero-order valence-electron chi connectivity index (χ0n) is 6.54. The molecule has 0 unspecified atom stereocenters. The van der Waals surface area contributed by atoms with E-state index in [1.807, 2.05) is 0 Å². The Labute approximate surface area is 85.7 Å². The molecule has 1 aromatic carbocycles. The lowest BCUT2D eigenvalue weighted by Gasteiger charge is -2.03. The van der Waals surface area contributed by atoms with E-state index in [0.29, 0.717) is 10.0 Å². The quantitative estimate of drug-likeness (QED) is 0.710. The van der Waals surface area contributed by atoms with E-state index >= 15 is 0 Å². The molecule has 1 aromatic heterocycles. The van der Waals surface area contributed by atoms with Gasteiger partial charge in [0.25, 0.3) is 0 Å². The normalized spacial score (nSPS) is 10.3. The highest BCUT2D eigenvalue weighted by Gasteiger charge is 2.02. The van der Waals surface area contributed by atoms with Gasteiger partial charge < -0.3 is 0 Å². The third-order valence-electron chi connectivity index (χ3n) is 1.61. The van der Waals surface area contributed by atoms with Gasteiger partial charge in [-0.2, -0.15) is 5.10 Å². The molecule has 2 nitrogen and oxygen atoms in total. The summed E-state index contributed by atoms with van der Waals surface area (Å²) >= 11 is 11.8. The van der Waals surface area contributed by atoms with Crippen molar-refractivity contribution in [2.45, 2.75) is 0 Å². The van der Waals surface area contributed by atoms with E-state index in [2.05, 4.69) is 11.2 Å². The maximum Gasteiger partial charge on any atom is 0.0846 e. The minimum atomic E-state index is 0.613. The summed E-state index contributed by atoms with van der Waals surface area (Å²) in [4.78, 5) is 0. The number of hydrogen-bond acceptors (Lipinski definition) is 1. The van der Waals surface area contributed by atoms with Crippen LogP contribution in [-0.2, 0) is 0 Å². The Hall–Kier alpha value is -0.990. The molecule has 0 amide bonds. The van der Waals surface area contributed by atoms with Gasteiger partial charge in [0.15, 0.2) is 0 Å². The third-order valence-corrected chi connectivity index (χ3v) is 2.16. The summed E-state index contributed by atoms with van der Waals surface area (Å²) in [5, 5.41) is 5.25. The summed E-state index contributed by atoms with van der Waals surface area (Å²) in [5.41, 5.74) is 0.760. The molecule has 0 saturated carbocycles. The van der Waals surface area contributed by atoms with Crippen LogP contribution in [0.2, 0.25) is 10.0 Å². The summed E-state index contributed by atoms with van der Waals surface area (Å²) in [5.74, 6) is 0. The summed E-state index contributed by atoms with van der Waals surface area (Å²) in [6, 6.07) is 8.05. The van der Waals surface area contributed by atoms with Crippen molar-refractivity contribution in [3.63, 3.8) is 0 Å². The molecule has 2 rings (SSSR count). The van der Waals surface area contributed by atoms with Crippen LogP contribution in [0, 0.1) is 6.07 Å². The molecule has 1 heterocycles. The van der Waals surface area contributed by atoms with Gasteiger partial charge in [-0.3, -0.25) is 0 Å². The van der Waals surface area contributed by atoms with Crippen LogP contribution in [0.3, 0.4) is 0 Å². The first-order valence-electron chi connectivity index (χ1n) is 3.63. The van der Waals surface area contributed by atoms with Gasteiger partial charge in [-0.05, 0) is 18.2 Å². The van der Waals surface area contributed by atoms with Crippen molar-refractivity contribution >= 4 is 23.2 Å². The SMILES string of the molecule is Clc1ccc(Cl)c(-n2c[c]cn2)c1. The van der Waals surface area contributed by atoms with Gasteiger partial charge in [-0.15, -0.1) is 0 Å². The summed E-state index contributed by atoms with van der Waals surface area (Å²) < 4.78 is 1.62. The topological polar surface area (TPSA) is 17.8 Å². The Kier molecular flexibility index (Phi) is 2.25. The predicted molar refractivity (Wildman–Crippen MR) is 52.4 cm³/mol. The molecule has 0 aliphatic carbocycles. The minimum absolute atomic E-state index is 0.613. The molecule has 2 aromatic rings. The van der Waals surface area contributed by atoms with E-state index in [-0.39, 0.29) is 0 Å². The van der Waals surface area contributed by atoms with Crippen molar-refractivity contribution in [2.75, 3.05) is 0 Å². The Morgan fingerprint density at radius 1 is 1.31 bits per heavy atom. The second-order valence-corrected chi connectivity index (χ2v) is 3.32. The molecule has 65 valence electrons. The molecule has 0 N–H and O–H groups in total. The zero-order chi connectivity index (χ0) is 9.26. The average molecular weight is 212 g/mol. The lowest BCUT2D eigenvalue weighted by molar-refractivity contribution is 0.881. The van der Waals surface area contributed by atoms with Crippen molar-refractivity contribution in [1.82, 2.24) is 9.78 Å². The first-order valence-corrected chi connectivity index (χ1v) is 4.39. The first-order chi connectivity index (χ1) is 6.27. The largest absolute Gasteiger partial charge is 0.239 e. The van der Waals surface area contributed by atoms with Crippen LogP contribution in [0.4, 0.5) is 0 Å². The second-order valence-electron chi connectivity index (χ2n) is 2.48. The first kappa shape index (κ1) is 8.60. The van der Waals surface area contributed by atoms with Crippen LogP contribution in [0.15, 0.2) is 30.6 Å². The van der Waals surface area contributed by atoms with Crippen LogP contribution in [0.1, 0.15) is 0 Å². The Morgan fingerprint density at radius 3 is 2.85 bits per heavy atom. The summed E-state index contributed by atoms with van der Waals surface area (Å²) in [7, 11) is 0. The second kappa shape index (κ2) is 3.40. The number of rotatable bonds is 1. The zero-order valence-corrected chi connectivity index (χ0v) is 8.05. The fraction of sp³-hybridized carbons (Fsp3) is 0. The van der Waals surface area contributed by atoms with E-state index in [9.17, 15) is 0 Å². The highest BCUT2D eigenvalue weighted by molar-refractivity contribution is 6.34. The molecular formula is C9H5Cl2N2. The van der Waals surface area contributed by atoms with Gasteiger partial charge in [0, 0.05) is 17.3 Å². The van der Waals surface area contributed by atoms with Crippen molar-refractivity contribution in [3.8, 4) is 5.69 Å². The summed E-state index contributed by atoms with van der Waals surface area (Å²) in [6.07, 6.45) is 3.26. The molecule has 0 fully saturated rings. The molecule has 1 radical (unpaired) electrons. The van der Waals surface area contributed by atoms with E-state index in [0.717, 1.165) is 5.69 Å². The molecule has 4 heteroatoms. The highest BCUT2D eigenvalue weighted by atomic mass is 35.5. The lowest BCUT2D eigenvalue weighted by Crippen LogP contribution is -1.94. The monoisotopic (exact) mass is 211 g/mol. The maximum atomic E-state index is 5.95. The maximum absolute atomic E-state index is 5.95. The molecule has 0 aliphatic rings. The Balaban J connectivity index is 2.57. The van der Waals surface area contributed by atoms with Gasteiger partial charge in [-0.25, -0.2) is 4.68 Å².